The topological polar surface area (TPSA) is 114 Å². The molecule has 0 spiro atoms. The van der Waals surface area contributed by atoms with Gasteiger partial charge in [0.15, 0.2) is 0 Å². The van der Waals surface area contributed by atoms with E-state index in [1.54, 1.807) is 24.3 Å². The zero-order valence-corrected chi connectivity index (χ0v) is 13.6. The van der Waals surface area contributed by atoms with Crippen LogP contribution in [0.5, 0.6) is 0 Å². The normalized spacial score (nSPS) is 10.4. The highest BCUT2D eigenvalue weighted by atomic mass is 35.5. The van der Waals surface area contributed by atoms with Gasteiger partial charge in [0.2, 0.25) is 0 Å². The summed E-state index contributed by atoms with van der Waals surface area (Å²) < 4.78 is 0. The molecule has 0 aliphatic heterocycles. The maximum atomic E-state index is 11.9. The number of rotatable bonds is 6. The molecule has 0 unspecified atom stereocenters. The van der Waals surface area contributed by atoms with Gasteiger partial charge in [0.05, 0.1) is 28.3 Å². The van der Waals surface area contributed by atoms with E-state index in [9.17, 15) is 19.7 Å². The van der Waals surface area contributed by atoms with Gasteiger partial charge in [-0.3, -0.25) is 19.7 Å². The van der Waals surface area contributed by atoms with E-state index in [2.05, 4.69) is 15.8 Å². The van der Waals surface area contributed by atoms with Gasteiger partial charge in [0.25, 0.3) is 17.5 Å². The van der Waals surface area contributed by atoms with Crippen LogP contribution in [-0.4, -0.2) is 29.5 Å². The fraction of sp³-hybridized carbons (Fsp3) is 0.0625. The third-order valence-corrected chi connectivity index (χ3v) is 3.36. The second kappa shape index (κ2) is 8.55. The first-order chi connectivity index (χ1) is 12.0. The number of carbonyl (C=O) groups excluding carboxylic acids is 2. The lowest BCUT2D eigenvalue weighted by atomic mass is 10.2. The molecule has 0 heterocycles. The van der Waals surface area contributed by atoms with E-state index in [0.29, 0.717) is 5.56 Å². The lowest BCUT2D eigenvalue weighted by Gasteiger charge is -2.05. The first-order valence-electron chi connectivity index (χ1n) is 7.06. The minimum atomic E-state index is -0.529. The number of nitro benzene ring substituents is 1. The van der Waals surface area contributed by atoms with Crippen molar-refractivity contribution in [1.29, 1.82) is 0 Å². The molecule has 2 aromatic rings. The number of hydrogen-bond donors (Lipinski definition) is 2. The SMILES string of the molecule is O=C(CNC(=O)c1ccccc1Cl)N/N=C/c1ccc([N+](=O)[O-])cc1. The minimum absolute atomic E-state index is 0.0385. The number of nitrogens with zero attached hydrogens (tertiary/aromatic N) is 2. The molecular formula is C16H13ClN4O4. The molecule has 9 heteroatoms. The van der Waals surface area contributed by atoms with E-state index in [1.165, 1.54) is 30.5 Å². The summed E-state index contributed by atoms with van der Waals surface area (Å²) in [5.41, 5.74) is 3.05. The molecule has 0 saturated heterocycles. The number of hydrogen-bond acceptors (Lipinski definition) is 5. The van der Waals surface area contributed by atoms with Crippen LogP contribution in [0.4, 0.5) is 5.69 Å². The largest absolute Gasteiger partial charge is 0.343 e. The van der Waals surface area contributed by atoms with Crippen molar-refractivity contribution in [3.8, 4) is 0 Å². The Morgan fingerprint density at radius 3 is 2.48 bits per heavy atom. The Hall–Kier alpha value is -3.26. The van der Waals surface area contributed by atoms with Gasteiger partial charge in [-0.25, -0.2) is 5.43 Å². The van der Waals surface area contributed by atoms with Crippen LogP contribution >= 0.6 is 11.6 Å². The molecule has 128 valence electrons. The van der Waals surface area contributed by atoms with Crippen LogP contribution in [0.1, 0.15) is 15.9 Å². The Kier molecular flexibility index (Phi) is 6.19. The Bertz CT molecular complexity index is 821. The average Bonchev–Trinajstić information content (AvgIpc) is 2.60. The average molecular weight is 361 g/mol. The fourth-order valence-electron chi connectivity index (χ4n) is 1.80. The third-order valence-electron chi connectivity index (χ3n) is 3.03. The Morgan fingerprint density at radius 1 is 1.16 bits per heavy atom. The summed E-state index contributed by atoms with van der Waals surface area (Å²) in [5.74, 6) is -1.00. The molecule has 0 aliphatic rings. The van der Waals surface area contributed by atoms with E-state index in [-0.39, 0.29) is 22.8 Å². The quantitative estimate of drug-likeness (QED) is 0.466. The second-order valence-electron chi connectivity index (χ2n) is 4.80. The molecule has 8 nitrogen and oxygen atoms in total. The van der Waals surface area contributed by atoms with Crippen LogP contribution in [0.2, 0.25) is 5.02 Å². The monoisotopic (exact) mass is 360 g/mol. The van der Waals surface area contributed by atoms with Gasteiger partial charge in [-0.15, -0.1) is 0 Å². The van der Waals surface area contributed by atoms with Crippen LogP contribution < -0.4 is 10.7 Å². The summed E-state index contributed by atoms with van der Waals surface area (Å²) >= 11 is 5.89. The molecule has 2 N–H and O–H groups in total. The highest BCUT2D eigenvalue weighted by molar-refractivity contribution is 6.33. The third kappa shape index (κ3) is 5.40. The molecular weight excluding hydrogens is 348 g/mol. The van der Waals surface area contributed by atoms with Crippen molar-refractivity contribution < 1.29 is 14.5 Å². The van der Waals surface area contributed by atoms with E-state index < -0.39 is 16.7 Å². The molecule has 0 bridgehead atoms. The summed E-state index contributed by atoms with van der Waals surface area (Å²) in [5, 5.41) is 17.0. The zero-order valence-electron chi connectivity index (χ0n) is 12.8. The van der Waals surface area contributed by atoms with Gasteiger partial charge >= 0.3 is 0 Å². The van der Waals surface area contributed by atoms with Crippen LogP contribution in [0.3, 0.4) is 0 Å². The molecule has 0 aromatic heterocycles. The lowest BCUT2D eigenvalue weighted by Crippen LogP contribution is -2.35. The number of nitrogens with one attached hydrogen (secondary N) is 2. The van der Waals surface area contributed by atoms with E-state index in [4.69, 9.17) is 11.6 Å². The van der Waals surface area contributed by atoms with Crippen LogP contribution in [-0.2, 0) is 4.79 Å². The highest BCUT2D eigenvalue weighted by Gasteiger charge is 2.10. The molecule has 25 heavy (non-hydrogen) atoms. The number of hydrazone groups is 1. The lowest BCUT2D eigenvalue weighted by molar-refractivity contribution is -0.384. The summed E-state index contributed by atoms with van der Waals surface area (Å²) in [6, 6.07) is 12.1. The first kappa shape index (κ1) is 18.1. The van der Waals surface area contributed by atoms with Gasteiger partial charge in [-0.05, 0) is 29.8 Å². The van der Waals surface area contributed by atoms with Gasteiger partial charge in [-0.2, -0.15) is 5.10 Å². The van der Waals surface area contributed by atoms with Crippen molar-refractivity contribution in [3.63, 3.8) is 0 Å². The number of halogens is 1. The van der Waals surface area contributed by atoms with Crippen molar-refractivity contribution in [2.45, 2.75) is 0 Å². The second-order valence-corrected chi connectivity index (χ2v) is 5.21. The summed E-state index contributed by atoms with van der Waals surface area (Å²) in [4.78, 5) is 33.5. The molecule has 0 atom stereocenters. The summed E-state index contributed by atoms with van der Waals surface area (Å²) in [7, 11) is 0. The predicted octanol–water partition coefficient (Wildman–Crippen LogP) is 2.13. The fourth-order valence-corrected chi connectivity index (χ4v) is 2.02. The molecule has 0 fully saturated rings. The Balaban J connectivity index is 1.81. The smallest absolute Gasteiger partial charge is 0.269 e. The molecule has 0 saturated carbocycles. The van der Waals surface area contributed by atoms with Gasteiger partial charge < -0.3 is 5.32 Å². The van der Waals surface area contributed by atoms with E-state index in [0.717, 1.165) is 0 Å². The van der Waals surface area contributed by atoms with Crippen LogP contribution in [0.25, 0.3) is 0 Å². The van der Waals surface area contributed by atoms with Gasteiger partial charge in [0.1, 0.15) is 0 Å². The number of non-ortho nitro benzene ring substituents is 1. The van der Waals surface area contributed by atoms with Crippen LogP contribution in [0, 0.1) is 10.1 Å². The van der Waals surface area contributed by atoms with Crippen molar-refractivity contribution in [2.24, 2.45) is 5.10 Å². The molecule has 2 amide bonds. The summed E-state index contributed by atoms with van der Waals surface area (Å²) in [6.07, 6.45) is 1.33. The molecule has 2 aromatic carbocycles. The van der Waals surface area contributed by atoms with E-state index >= 15 is 0 Å². The Labute approximate surface area is 147 Å². The van der Waals surface area contributed by atoms with Crippen molar-refractivity contribution in [2.75, 3.05) is 6.54 Å². The molecule has 2 rings (SSSR count). The van der Waals surface area contributed by atoms with Crippen molar-refractivity contribution in [1.82, 2.24) is 10.7 Å². The van der Waals surface area contributed by atoms with Gasteiger partial charge in [-0.1, -0.05) is 23.7 Å². The molecule has 0 aliphatic carbocycles. The zero-order chi connectivity index (χ0) is 18.2. The summed E-state index contributed by atoms with van der Waals surface area (Å²) in [6.45, 7) is -0.276. The van der Waals surface area contributed by atoms with Crippen molar-refractivity contribution >= 4 is 35.3 Å². The highest BCUT2D eigenvalue weighted by Crippen LogP contribution is 2.14. The van der Waals surface area contributed by atoms with E-state index in [1.807, 2.05) is 0 Å². The predicted molar refractivity (Wildman–Crippen MR) is 92.6 cm³/mol. The number of carbonyl (C=O) groups is 2. The van der Waals surface area contributed by atoms with Crippen molar-refractivity contribution in [3.05, 3.63) is 74.8 Å². The number of amides is 2. The number of nitro groups is 1. The minimum Gasteiger partial charge on any atom is -0.343 e. The number of benzene rings is 2. The van der Waals surface area contributed by atoms with Gasteiger partial charge in [0, 0.05) is 12.1 Å². The maximum Gasteiger partial charge on any atom is 0.269 e. The standard InChI is InChI=1S/C16H13ClN4O4/c17-14-4-2-1-3-13(14)16(23)18-10-15(22)20-19-9-11-5-7-12(8-6-11)21(24)25/h1-9H,10H2,(H,18,23)(H,20,22)/b19-9+. The Morgan fingerprint density at radius 2 is 1.84 bits per heavy atom. The maximum absolute atomic E-state index is 11.9. The first-order valence-corrected chi connectivity index (χ1v) is 7.44. The molecule has 0 radical (unpaired) electrons. The van der Waals surface area contributed by atoms with Crippen LogP contribution in [0.15, 0.2) is 53.6 Å².